The molecule has 4 nitrogen and oxygen atoms in total. The van der Waals surface area contributed by atoms with Crippen LogP contribution in [0.3, 0.4) is 0 Å². The number of hydrogen-bond donors (Lipinski definition) is 1. The maximum atomic E-state index is 11.8. The number of hydrogen-bond acceptors (Lipinski definition) is 3. The zero-order valence-electron chi connectivity index (χ0n) is 10.9. The third-order valence-corrected chi connectivity index (χ3v) is 3.12. The quantitative estimate of drug-likeness (QED) is 0.936. The molecule has 5 heteroatoms. The fourth-order valence-corrected chi connectivity index (χ4v) is 2.00. The minimum absolute atomic E-state index is 0.0958. The Balaban J connectivity index is 1.92. The van der Waals surface area contributed by atoms with Crippen LogP contribution < -0.4 is 5.32 Å². The molecule has 100 valence electrons. The zero-order valence-corrected chi connectivity index (χ0v) is 11.6. The van der Waals surface area contributed by atoms with E-state index in [0.717, 1.165) is 11.3 Å². The molecule has 1 amide bonds. The topological polar surface area (TPSA) is 55.1 Å². The van der Waals surface area contributed by atoms with Gasteiger partial charge in [-0.3, -0.25) is 4.79 Å². The number of oxazole rings is 1. The number of carbonyl (C=O) groups is 1. The number of rotatable bonds is 4. The lowest BCUT2D eigenvalue weighted by Crippen LogP contribution is -2.24. The lowest BCUT2D eigenvalue weighted by molar-refractivity contribution is -0.120. The number of nitrogens with zero attached hydrogens (tertiary/aromatic N) is 1. The van der Waals surface area contributed by atoms with Crippen molar-refractivity contribution in [3.05, 3.63) is 52.2 Å². The standard InChI is InChI=1S/C14H15ClN2O2/c1-9-13(19-10(2)17-9)8-16-14(18)7-11-5-3-4-6-12(11)15/h3-6H,7-8H2,1-2H3,(H,16,18). The SMILES string of the molecule is Cc1nc(C)c(CNC(=O)Cc2ccccc2Cl)o1. The minimum Gasteiger partial charge on any atom is -0.444 e. The van der Waals surface area contributed by atoms with Gasteiger partial charge in [-0.2, -0.15) is 0 Å². The van der Waals surface area contributed by atoms with Crippen molar-refractivity contribution >= 4 is 17.5 Å². The average Bonchev–Trinajstić information content (AvgIpc) is 2.68. The van der Waals surface area contributed by atoms with Gasteiger partial charge in [0.25, 0.3) is 0 Å². The molecule has 0 aliphatic carbocycles. The highest BCUT2D eigenvalue weighted by atomic mass is 35.5. The van der Waals surface area contributed by atoms with Gasteiger partial charge in [0.15, 0.2) is 5.89 Å². The molecule has 0 fully saturated rings. The van der Waals surface area contributed by atoms with Gasteiger partial charge in [0.05, 0.1) is 18.7 Å². The van der Waals surface area contributed by atoms with Gasteiger partial charge in [-0.15, -0.1) is 0 Å². The van der Waals surface area contributed by atoms with Crippen LogP contribution in [0.25, 0.3) is 0 Å². The normalized spacial score (nSPS) is 10.5. The van der Waals surface area contributed by atoms with Crippen LogP contribution in [0.15, 0.2) is 28.7 Å². The van der Waals surface area contributed by atoms with Crippen molar-refractivity contribution in [3.63, 3.8) is 0 Å². The van der Waals surface area contributed by atoms with Gasteiger partial charge in [-0.05, 0) is 18.6 Å². The first-order chi connectivity index (χ1) is 9.06. The number of aryl methyl sites for hydroxylation is 2. The van der Waals surface area contributed by atoms with E-state index >= 15 is 0 Å². The van der Waals surface area contributed by atoms with E-state index in [4.69, 9.17) is 16.0 Å². The van der Waals surface area contributed by atoms with Gasteiger partial charge >= 0.3 is 0 Å². The molecule has 1 aromatic heterocycles. The van der Waals surface area contributed by atoms with E-state index < -0.39 is 0 Å². The van der Waals surface area contributed by atoms with Crippen LogP contribution in [0.1, 0.15) is 22.9 Å². The van der Waals surface area contributed by atoms with E-state index in [1.165, 1.54) is 0 Å². The molecular weight excluding hydrogens is 264 g/mol. The van der Waals surface area contributed by atoms with E-state index in [-0.39, 0.29) is 12.3 Å². The highest BCUT2D eigenvalue weighted by Crippen LogP contribution is 2.15. The number of nitrogens with one attached hydrogen (secondary N) is 1. The Morgan fingerprint density at radius 2 is 2.11 bits per heavy atom. The number of amides is 1. The molecule has 2 rings (SSSR count). The molecule has 1 heterocycles. The molecule has 0 saturated carbocycles. The molecular formula is C14H15ClN2O2. The number of aromatic nitrogens is 1. The third kappa shape index (κ3) is 3.58. The molecule has 0 unspecified atom stereocenters. The van der Waals surface area contributed by atoms with Crippen molar-refractivity contribution in [1.29, 1.82) is 0 Å². The smallest absolute Gasteiger partial charge is 0.224 e. The van der Waals surface area contributed by atoms with Crippen molar-refractivity contribution in [1.82, 2.24) is 10.3 Å². The van der Waals surface area contributed by atoms with Crippen LogP contribution in [-0.4, -0.2) is 10.9 Å². The summed E-state index contributed by atoms with van der Waals surface area (Å²) in [6, 6.07) is 7.31. The van der Waals surface area contributed by atoms with E-state index in [1.54, 1.807) is 13.0 Å². The summed E-state index contributed by atoms with van der Waals surface area (Å²) in [6.45, 7) is 3.98. The molecule has 19 heavy (non-hydrogen) atoms. The van der Waals surface area contributed by atoms with E-state index in [0.29, 0.717) is 23.2 Å². The molecule has 0 radical (unpaired) electrons. The van der Waals surface area contributed by atoms with Crippen molar-refractivity contribution in [2.75, 3.05) is 0 Å². The first kappa shape index (κ1) is 13.6. The lowest BCUT2D eigenvalue weighted by Gasteiger charge is -2.05. The van der Waals surface area contributed by atoms with Crippen LogP contribution >= 0.6 is 11.6 Å². The molecule has 0 spiro atoms. The molecule has 0 aliphatic heterocycles. The second-order valence-corrected chi connectivity index (χ2v) is 4.69. The van der Waals surface area contributed by atoms with Crippen LogP contribution in [0.4, 0.5) is 0 Å². The second kappa shape index (κ2) is 5.89. The first-order valence-electron chi connectivity index (χ1n) is 5.99. The Bertz CT molecular complexity index is 593. The van der Waals surface area contributed by atoms with Crippen molar-refractivity contribution in [2.45, 2.75) is 26.8 Å². The van der Waals surface area contributed by atoms with Crippen LogP contribution in [0.2, 0.25) is 5.02 Å². The van der Waals surface area contributed by atoms with Crippen molar-refractivity contribution < 1.29 is 9.21 Å². The summed E-state index contributed by atoms with van der Waals surface area (Å²) in [5.41, 5.74) is 1.61. The van der Waals surface area contributed by atoms with E-state index in [9.17, 15) is 4.79 Å². The summed E-state index contributed by atoms with van der Waals surface area (Å²) >= 11 is 6.01. The van der Waals surface area contributed by atoms with E-state index in [1.807, 2.05) is 25.1 Å². The molecule has 1 aromatic carbocycles. The van der Waals surface area contributed by atoms with Crippen LogP contribution in [-0.2, 0) is 17.8 Å². The van der Waals surface area contributed by atoms with E-state index in [2.05, 4.69) is 10.3 Å². The highest BCUT2D eigenvalue weighted by molar-refractivity contribution is 6.31. The maximum absolute atomic E-state index is 11.8. The highest BCUT2D eigenvalue weighted by Gasteiger charge is 2.10. The molecule has 0 atom stereocenters. The van der Waals surface area contributed by atoms with Gasteiger partial charge in [-0.25, -0.2) is 4.98 Å². The van der Waals surface area contributed by atoms with Gasteiger partial charge < -0.3 is 9.73 Å². The fourth-order valence-electron chi connectivity index (χ4n) is 1.79. The zero-order chi connectivity index (χ0) is 13.8. The molecule has 0 saturated heterocycles. The third-order valence-electron chi connectivity index (χ3n) is 2.75. The summed E-state index contributed by atoms with van der Waals surface area (Å²) in [4.78, 5) is 16.0. The summed E-state index contributed by atoms with van der Waals surface area (Å²) in [7, 11) is 0. The Kier molecular flexibility index (Phi) is 4.22. The van der Waals surface area contributed by atoms with Gasteiger partial charge in [0, 0.05) is 11.9 Å². The Morgan fingerprint density at radius 1 is 1.37 bits per heavy atom. The Morgan fingerprint density at radius 3 is 2.74 bits per heavy atom. The van der Waals surface area contributed by atoms with Gasteiger partial charge in [0.1, 0.15) is 5.76 Å². The Labute approximate surface area is 116 Å². The van der Waals surface area contributed by atoms with Gasteiger partial charge in [-0.1, -0.05) is 29.8 Å². The molecule has 0 aliphatic rings. The predicted octanol–water partition coefficient (Wildman–Crippen LogP) is 2.80. The molecule has 2 aromatic rings. The number of benzene rings is 1. The largest absolute Gasteiger partial charge is 0.444 e. The summed E-state index contributed by atoms with van der Waals surface area (Å²) in [5, 5.41) is 3.40. The second-order valence-electron chi connectivity index (χ2n) is 4.29. The summed E-state index contributed by atoms with van der Waals surface area (Å²) in [5.74, 6) is 1.19. The van der Waals surface area contributed by atoms with Crippen molar-refractivity contribution in [2.24, 2.45) is 0 Å². The maximum Gasteiger partial charge on any atom is 0.224 e. The average molecular weight is 279 g/mol. The minimum atomic E-state index is -0.0958. The molecule has 1 N–H and O–H groups in total. The van der Waals surface area contributed by atoms with Gasteiger partial charge in [0.2, 0.25) is 5.91 Å². The monoisotopic (exact) mass is 278 g/mol. The predicted molar refractivity (Wildman–Crippen MR) is 73.0 cm³/mol. The summed E-state index contributed by atoms with van der Waals surface area (Å²) < 4.78 is 5.39. The number of carbonyl (C=O) groups excluding carboxylic acids is 1. The first-order valence-corrected chi connectivity index (χ1v) is 6.37. The molecule has 0 bridgehead atoms. The summed E-state index contributed by atoms with van der Waals surface area (Å²) in [6.07, 6.45) is 0.256. The number of halogens is 1. The lowest BCUT2D eigenvalue weighted by atomic mass is 10.1. The van der Waals surface area contributed by atoms with Crippen LogP contribution in [0, 0.1) is 13.8 Å². The van der Waals surface area contributed by atoms with Crippen LogP contribution in [0.5, 0.6) is 0 Å². The Hall–Kier alpha value is -1.81. The fraction of sp³-hybridized carbons (Fsp3) is 0.286. The van der Waals surface area contributed by atoms with Crippen molar-refractivity contribution in [3.8, 4) is 0 Å².